The third kappa shape index (κ3) is 13.0. The molecule has 19 heavy (non-hydrogen) atoms. The summed E-state index contributed by atoms with van der Waals surface area (Å²) in [5.74, 6) is -0.102. The third-order valence-corrected chi connectivity index (χ3v) is 2.57. The third-order valence-electron chi connectivity index (χ3n) is 2.57. The van der Waals surface area contributed by atoms with Crippen molar-refractivity contribution in [1.82, 2.24) is 10.6 Å². The van der Waals surface area contributed by atoms with Gasteiger partial charge in [0.05, 0.1) is 6.61 Å². The summed E-state index contributed by atoms with van der Waals surface area (Å²) in [7, 11) is 0. The molecular weight excluding hydrogens is 244 g/mol. The van der Waals surface area contributed by atoms with Gasteiger partial charge in [0, 0.05) is 19.0 Å². The molecule has 0 atom stereocenters. The van der Waals surface area contributed by atoms with E-state index in [9.17, 15) is 9.59 Å². The smallest absolute Gasteiger partial charge is 0.314 e. The van der Waals surface area contributed by atoms with E-state index in [1.54, 1.807) is 0 Å². The maximum atomic E-state index is 11.3. The molecule has 112 valence electrons. The highest BCUT2D eigenvalue weighted by Crippen LogP contribution is 2.05. The number of carbonyl (C=O) groups excluding carboxylic acids is 2. The van der Waals surface area contributed by atoms with Crippen molar-refractivity contribution in [3.05, 3.63) is 0 Å². The summed E-state index contributed by atoms with van der Waals surface area (Å²) in [6.45, 7) is 6.85. The number of unbranched alkanes of at least 4 members (excludes halogenated alkanes) is 4. The molecule has 0 saturated carbocycles. The van der Waals surface area contributed by atoms with Gasteiger partial charge in [-0.3, -0.25) is 4.79 Å². The number of hydrogen-bond acceptors (Lipinski definition) is 3. The highest BCUT2D eigenvalue weighted by molar-refractivity contribution is 5.74. The van der Waals surface area contributed by atoms with Crippen molar-refractivity contribution in [1.29, 1.82) is 0 Å². The van der Waals surface area contributed by atoms with Gasteiger partial charge >= 0.3 is 12.0 Å². The highest BCUT2D eigenvalue weighted by atomic mass is 16.5. The lowest BCUT2D eigenvalue weighted by atomic mass is 10.1. The number of amides is 2. The van der Waals surface area contributed by atoms with Gasteiger partial charge in [0.2, 0.25) is 0 Å². The Morgan fingerprint density at radius 2 is 1.68 bits per heavy atom. The zero-order chi connectivity index (χ0) is 14.5. The fourth-order valence-corrected chi connectivity index (χ4v) is 1.67. The Kier molecular flexibility index (Phi) is 11.0. The molecule has 0 aromatic heterocycles. The predicted molar refractivity (Wildman–Crippen MR) is 76.0 cm³/mol. The van der Waals surface area contributed by atoms with Crippen LogP contribution in [-0.4, -0.2) is 31.2 Å². The minimum Gasteiger partial charge on any atom is -0.466 e. The molecule has 0 radical (unpaired) electrons. The second kappa shape index (κ2) is 11.8. The number of hydrogen-bond donors (Lipinski definition) is 2. The first-order chi connectivity index (χ1) is 9.06. The number of nitrogens with one attached hydrogen (secondary N) is 2. The van der Waals surface area contributed by atoms with Crippen LogP contribution in [0.1, 0.15) is 59.3 Å². The summed E-state index contributed by atoms with van der Waals surface area (Å²) in [4.78, 5) is 22.3. The molecule has 0 heterocycles. The molecule has 0 aliphatic rings. The maximum Gasteiger partial charge on any atom is 0.314 e. The van der Waals surface area contributed by atoms with Crippen LogP contribution in [0.4, 0.5) is 4.79 Å². The van der Waals surface area contributed by atoms with Gasteiger partial charge in [-0.25, -0.2) is 4.79 Å². The molecule has 0 saturated heterocycles. The van der Waals surface area contributed by atoms with Crippen molar-refractivity contribution in [3.63, 3.8) is 0 Å². The first kappa shape index (κ1) is 17.7. The molecule has 0 unspecified atom stereocenters. The van der Waals surface area contributed by atoms with Crippen molar-refractivity contribution in [2.45, 2.75) is 65.3 Å². The Morgan fingerprint density at radius 1 is 1.05 bits per heavy atom. The second-order valence-electron chi connectivity index (χ2n) is 4.88. The van der Waals surface area contributed by atoms with Gasteiger partial charge in [0.25, 0.3) is 0 Å². The Hall–Kier alpha value is -1.26. The highest BCUT2D eigenvalue weighted by Gasteiger charge is 2.02. The minimum absolute atomic E-state index is 0.0997. The number of carbonyl (C=O) groups is 2. The normalized spacial score (nSPS) is 10.3. The molecule has 0 spiro atoms. The first-order valence-corrected chi connectivity index (χ1v) is 7.26. The van der Waals surface area contributed by atoms with Crippen LogP contribution >= 0.6 is 0 Å². The van der Waals surface area contributed by atoms with Crippen LogP contribution in [0.5, 0.6) is 0 Å². The SMILES string of the molecule is CCOC(=O)CCCCCCCNC(=O)NC(C)C. The molecule has 0 aromatic carbocycles. The lowest BCUT2D eigenvalue weighted by Gasteiger charge is -2.09. The van der Waals surface area contributed by atoms with Crippen LogP contribution in [0.25, 0.3) is 0 Å². The number of rotatable bonds is 10. The van der Waals surface area contributed by atoms with Crippen LogP contribution in [0, 0.1) is 0 Å². The zero-order valence-electron chi connectivity index (χ0n) is 12.5. The van der Waals surface area contributed by atoms with Gasteiger partial charge in [-0.15, -0.1) is 0 Å². The van der Waals surface area contributed by atoms with Gasteiger partial charge in [-0.2, -0.15) is 0 Å². The van der Waals surface area contributed by atoms with Crippen molar-refractivity contribution in [2.75, 3.05) is 13.2 Å². The largest absolute Gasteiger partial charge is 0.466 e. The van der Waals surface area contributed by atoms with E-state index in [0.717, 1.165) is 32.1 Å². The van der Waals surface area contributed by atoms with E-state index in [4.69, 9.17) is 4.74 Å². The lowest BCUT2D eigenvalue weighted by molar-refractivity contribution is -0.143. The topological polar surface area (TPSA) is 67.4 Å². The minimum atomic E-state index is -0.102. The summed E-state index contributed by atoms with van der Waals surface area (Å²) in [6, 6.07) is 0.0696. The van der Waals surface area contributed by atoms with Gasteiger partial charge < -0.3 is 15.4 Å². The van der Waals surface area contributed by atoms with Crippen molar-refractivity contribution < 1.29 is 14.3 Å². The lowest BCUT2D eigenvalue weighted by Crippen LogP contribution is -2.39. The summed E-state index contributed by atoms with van der Waals surface area (Å²) >= 11 is 0. The number of esters is 1. The molecule has 0 aromatic rings. The van der Waals surface area contributed by atoms with E-state index in [0.29, 0.717) is 19.6 Å². The standard InChI is InChI=1S/C14H28N2O3/c1-4-19-13(17)10-8-6-5-7-9-11-15-14(18)16-12(2)3/h12H,4-11H2,1-3H3,(H2,15,16,18). The quantitative estimate of drug-likeness (QED) is 0.474. The zero-order valence-corrected chi connectivity index (χ0v) is 12.5. The molecule has 2 N–H and O–H groups in total. The first-order valence-electron chi connectivity index (χ1n) is 7.26. The Balaban J connectivity index is 3.23. The second-order valence-corrected chi connectivity index (χ2v) is 4.88. The molecule has 0 fully saturated rings. The molecule has 5 nitrogen and oxygen atoms in total. The van der Waals surface area contributed by atoms with Gasteiger partial charge in [0.15, 0.2) is 0 Å². The fraction of sp³-hybridized carbons (Fsp3) is 0.857. The Morgan fingerprint density at radius 3 is 2.32 bits per heavy atom. The van der Waals surface area contributed by atoms with E-state index in [1.165, 1.54) is 0 Å². The van der Waals surface area contributed by atoms with Crippen LogP contribution < -0.4 is 10.6 Å². The summed E-state index contributed by atoms with van der Waals surface area (Å²) < 4.78 is 4.85. The molecule has 0 aliphatic heterocycles. The van der Waals surface area contributed by atoms with E-state index in [1.807, 2.05) is 20.8 Å². The van der Waals surface area contributed by atoms with Gasteiger partial charge in [0.1, 0.15) is 0 Å². The summed E-state index contributed by atoms with van der Waals surface area (Å²) in [5.41, 5.74) is 0. The van der Waals surface area contributed by atoms with Crippen LogP contribution in [-0.2, 0) is 9.53 Å². The van der Waals surface area contributed by atoms with Crippen LogP contribution in [0.2, 0.25) is 0 Å². The average molecular weight is 272 g/mol. The monoisotopic (exact) mass is 272 g/mol. The van der Waals surface area contributed by atoms with E-state index in [-0.39, 0.29) is 18.0 Å². The van der Waals surface area contributed by atoms with E-state index >= 15 is 0 Å². The Bertz CT molecular complexity index is 255. The van der Waals surface area contributed by atoms with Crippen LogP contribution in [0.3, 0.4) is 0 Å². The number of urea groups is 1. The molecule has 0 rings (SSSR count). The van der Waals surface area contributed by atoms with Crippen LogP contribution in [0.15, 0.2) is 0 Å². The Labute approximate surface area is 116 Å². The molecule has 5 heteroatoms. The molecule has 2 amide bonds. The fourth-order valence-electron chi connectivity index (χ4n) is 1.67. The average Bonchev–Trinajstić information content (AvgIpc) is 2.32. The molecule has 0 bridgehead atoms. The van der Waals surface area contributed by atoms with Gasteiger partial charge in [-0.05, 0) is 33.6 Å². The van der Waals surface area contributed by atoms with E-state index < -0.39 is 0 Å². The van der Waals surface area contributed by atoms with E-state index in [2.05, 4.69) is 10.6 Å². The predicted octanol–water partition coefficient (Wildman–Crippen LogP) is 2.60. The number of ether oxygens (including phenoxy) is 1. The van der Waals surface area contributed by atoms with Crippen molar-refractivity contribution in [2.24, 2.45) is 0 Å². The summed E-state index contributed by atoms with van der Waals surface area (Å²) in [5, 5.41) is 5.59. The summed E-state index contributed by atoms with van der Waals surface area (Å²) in [6.07, 6.45) is 5.59. The maximum absolute atomic E-state index is 11.3. The molecule has 0 aliphatic carbocycles. The molecular formula is C14H28N2O3. The van der Waals surface area contributed by atoms with Crippen molar-refractivity contribution >= 4 is 12.0 Å². The van der Waals surface area contributed by atoms with Crippen molar-refractivity contribution in [3.8, 4) is 0 Å². The van der Waals surface area contributed by atoms with Gasteiger partial charge in [-0.1, -0.05) is 19.3 Å².